The van der Waals surface area contributed by atoms with Crippen molar-refractivity contribution in [3.05, 3.63) is 59.7 Å². The lowest BCUT2D eigenvalue weighted by Crippen LogP contribution is -2.62. The van der Waals surface area contributed by atoms with Gasteiger partial charge in [0.05, 0.1) is 25.1 Å². The molecule has 1 aliphatic heterocycles. The van der Waals surface area contributed by atoms with Gasteiger partial charge in [0.2, 0.25) is 23.6 Å². The average molecular weight is 650 g/mol. The molecule has 1 spiro atoms. The number of carbonyl (C=O) groups is 5. The van der Waals surface area contributed by atoms with E-state index < -0.39 is 53.7 Å². The van der Waals surface area contributed by atoms with E-state index in [1.807, 2.05) is 38.1 Å². The topological polar surface area (TPSA) is 164 Å². The highest BCUT2D eigenvalue weighted by Gasteiger charge is 2.44. The molecule has 1 heterocycles. The summed E-state index contributed by atoms with van der Waals surface area (Å²) in [6, 6.07) is 11.7. The van der Waals surface area contributed by atoms with Crippen LogP contribution < -0.4 is 36.1 Å². The number of methoxy groups -OCH3 is 1. The van der Waals surface area contributed by atoms with Crippen LogP contribution in [0.15, 0.2) is 48.5 Å². The number of hydrogen-bond acceptors (Lipinski definition) is 7. The molecule has 1 aliphatic carbocycles. The number of carbonyl (C=O) groups excluding carboxylic acids is 5. The third-order valence-corrected chi connectivity index (χ3v) is 8.60. The molecule has 47 heavy (non-hydrogen) atoms. The Morgan fingerprint density at radius 2 is 1.77 bits per heavy atom. The summed E-state index contributed by atoms with van der Waals surface area (Å²) in [7, 11) is 1.60. The van der Waals surface area contributed by atoms with Crippen LogP contribution in [-0.2, 0) is 25.6 Å². The molecule has 0 aromatic heterocycles. The van der Waals surface area contributed by atoms with E-state index in [-0.39, 0.29) is 29.7 Å². The van der Waals surface area contributed by atoms with Crippen molar-refractivity contribution in [2.75, 3.05) is 20.3 Å². The molecular formula is C35H47N5O7. The lowest BCUT2D eigenvalue weighted by molar-refractivity contribution is -0.137. The van der Waals surface area contributed by atoms with Crippen LogP contribution in [0.1, 0.15) is 75.2 Å². The molecular weight excluding hydrogens is 602 g/mol. The van der Waals surface area contributed by atoms with Gasteiger partial charge >= 0.3 is 0 Å². The van der Waals surface area contributed by atoms with Crippen LogP contribution in [0.5, 0.6) is 11.5 Å². The molecule has 4 rings (SSSR count). The maximum atomic E-state index is 13.7. The average Bonchev–Trinajstić information content (AvgIpc) is 3.53. The van der Waals surface area contributed by atoms with Gasteiger partial charge in [0, 0.05) is 6.54 Å². The van der Waals surface area contributed by atoms with Gasteiger partial charge in [-0.25, -0.2) is 0 Å². The van der Waals surface area contributed by atoms with Crippen LogP contribution in [0.3, 0.4) is 0 Å². The smallest absolute Gasteiger partial charge is 0.255 e. The molecule has 3 atom stereocenters. The van der Waals surface area contributed by atoms with Crippen molar-refractivity contribution in [2.24, 2.45) is 5.92 Å². The van der Waals surface area contributed by atoms with Gasteiger partial charge < -0.3 is 36.1 Å². The van der Waals surface area contributed by atoms with Crippen LogP contribution in [0.25, 0.3) is 0 Å². The molecule has 5 N–H and O–H groups in total. The fourth-order valence-corrected chi connectivity index (χ4v) is 5.97. The highest BCUT2D eigenvalue weighted by atomic mass is 16.5. The van der Waals surface area contributed by atoms with Crippen molar-refractivity contribution >= 4 is 29.5 Å². The first-order chi connectivity index (χ1) is 22.5. The van der Waals surface area contributed by atoms with Gasteiger partial charge in [0.1, 0.15) is 35.7 Å². The number of para-hydroxylation sites is 1. The van der Waals surface area contributed by atoms with E-state index in [1.54, 1.807) is 38.3 Å². The zero-order chi connectivity index (χ0) is 34.0. The second kappa shape index (κ2) is 16.3. The Hall–Kier alpha value is -4.61. The van der Waals surface area contributed by atoms with Crippen LogP contribution in [0, 0.1) is 5.92 Å². The minimum Gasteiger partial charge on any atom is -0.497 e. The van der Waals surface area contributed by atoms with Gasteiger partial charge in [-0.15, -0.1) is 0 Å². The summed E-state index contributed by atoms with van der Waals surface area (Å²) < 4.78 is 11.2. The molecule has 0 bridgehead atoms. The predicted molar refractivity (Wildman–Crippen MR) is 176 cm³/mol. The van der Waals surface area contributed by atoms with Gasteiger partial charge in [-0.3, -0.25) is 24.0 Å². The standard InChI is InChI=1S/C35H47N5O7/c1-22(2)30-33(44)37-23(3)21-47-28-15-6-5-14-26(28)31(42)38-27(20-29(41)40-35(34(45)39-30)16-7-8-17-35)32(43)36-18-10-12-24-11-9-13-25(19-24)46-4/h5-6,9,11,13-15,19,22-23,27,30H,7-8,10,12,16-18,20-21H2,1-4H3,(H,36,43)(H,37,44)(H,38,42)(H,39,45)(H,40,41)/t23-,27-,30+/m0/s1. The van der Waals surface area contributed by atoms with Gasteiger partial charge in [-0.1, -0.05) is 51.0 Å². The Morgan fingerprint density at radius 3 is 2.49 bits per heavy atom. The zero-order valence-corrected chi connectivity index (χ0v) is 27.6. The highest BCUT2D eigenvalue weighted by molar-refractivity contribution is 6.01. The van der Waals surface area contributed by atoms with Gasteiger partial charge in [-0.05, 0) is 68.4 Å². The van der Waals surface area contributed by atoms with Crippen molar-refractivity contribution in [1.82, 2.24) is 26.6 Å². The fraction of sp³-hybridized carbons (Fsp3) is 0.514. The second-order valence-electron chi connectivity index (χ2n) is 12.7. The van der Waals surface area contributed by atoms with E-state index in [0.29, 0.717) is 45.1 Å². The number of benzene rings is 2. The first kappa shape index (κ1) is 35.2. The molecule has 0 unspecified atom stereocenters. The molecule has 1 fully saturated rings. The summed E-state index contributed by atoms with van der Waals surface area (Å²) in [6.45, 7) is 5.80. The van der Waals surface area contributed by atoms with E-state index >= 15 is 0 Å². The Morgan fingerprint density at radius 1 is 1.02 bits per heavy atom. The summed E-state index contributed by atoms with van der Waals surface area (Å²) in [6.07, 6.45) is 3.12. The van der Waals surface area contributed by atoms with E-state index in [1.165, 1.54) is 0 Å². The number of ether oxygens (including phenoxy) is 2. The lowest BCUT2D eigenvalue weighted by atomic mass is 9.93. The van der Waals surface area contributed by atoms with E-state index in [9.17, 15) is 24.0 Å². The van der Waals surface area contributed by atoms with E-state index in [4.69, 9.17) is 9.47 Å². The minimum atomic E-state index is -1.23. The minimum absolute atomic E-state index is 0.0516. The van der Waals surface area contributed by atoms with E-state index in [2.05, 4.69) is 26.6 Å². The van der Waals surface area contributed by atoms with Crippen LogP contribution in [0.4, 0.5) is 0 Å². The Balaban J connectivity index is 1.57. The van der Waals surface area contributed by atoms with Crippen molar-refractivity contribution in [3.63, 3.8) is 0 Å². The monoisotopic (exact) mass is 649 g/mol. The van der Waals surface area contributed by atoms with Crippen molar-refractivity contribution < 1.29 is 33.4 Å². The largest absolute Gasteiger partial charge is 0.497 e. The quantitative estimate of drug-likeness (QED) is 0.288. The first-order valence-electron chi connectivity index (χ1n) is 16.4. The third-order valence-electron chi connectivity index (χ3n) is 8.60. The molecule has 2 aromatic rings. The van der Waals surface area contributed by atoms with E-state index in [0.717, 1.165) is 11.3 Å². The second-order valence-corrected chi connectivity index (χ2v) is 12.7. The molecule has 0 radical (unpaired) electrons. The SMILES string of the molecule is COc1cccc(CCCNC(=O)[C@@H]2CC(=O)NC3(CCCC3)C(=O)N[C@H](C(C)C)C(=O)N[C@@H](C)COc3ccccc3C(=O)N2)c1. The molecule has 2 aromatic carbocycles. The molecule has 1 saturated carbocycles. The molecule has 12 heteroatoms. The number of aryl methyl sites for hydroxylation is 1. The van der Waals surface area contributed by atoms with Crippen molar-refractivity contribution in [1.29, 1.82) is 0 Å². The first-order valence-corrected chi connectivity index (χ1v) is 16.4. The Bertz CT molecular complexity index is 1440. The van der Waals surface area contributed by atoms with Crippen LogP contribution >= 0.6 is 0 Å². The summed E-state index contributed by atoms with van der Waals surface area (Å²) in [5.74, 6) is -1.73. The predicted octanol–water partition coefficient (Wildman–Crippen LogP) is 2.40. The number of rotatable bonds is 7. The van der Waals surface area contributed by atoms with Crippen molar-refractivity contribution in [2.45, 2.75) is 89.4 Å². The van der Waals surface area contributed by atoms with Crippen molar-refractivity contribution in [3.8, 4) is 11.5 Å². The maximum Gasteiger partial charge on any atom is 0.255 e. The fourth-order valence-electron chi connectivity index (χ4n) is 5.97. The summed E-state index contributed by atoms with van der Waals surface area (Å²) >= 11 is 0. The number of nitrogens with one attached hydrogen (secondary N) is 5. The highest BCUT2D eigenvalue weighted by Crippen LogP contribution is 2.31. The normalized spacial score (nSPS) is 22.2. The van der Waals surface area contributed by atoms with Gasteiger partial charge in [0.15, 0.2) is 0 Å². The van der Waals surface area contributed by atoms with Gasteiger partial charge in [0.25, 0.3) is 5.91 Å². The zero-order valence-electron chi connectivity index (χ0n) is 27.6. The lowest BCUT2D eigenvalue weighted by Gasteiger charge is -2.33. The van der Waals surface area contributed by atoms with Crippen LogP contribution in [-0.4, -0.2) is 73.5 Å². The van der Waals surface area contributed by atoms with Gasteiger partial charge in [-0.2, -0.15) is 0 Å². The third kappa shape index (κ3) is 9.46. The maximum absolute atomic E-state index is 13.7. The molecule has 5 amide bonds. The number of hydrogen-bond donors (Lipinski definition) is 5. The molecule has 0 saturated heterocycles. The molecule has 254 valence electrons. The molecule has 12 nitrogen and oxygen atoms in total. The number of amides is 5. The summed E-state index contributed by atoms with van der Waals surface area (Å²) in [5, 5.41) is 14.2. The van der Waals surface area contributed by atoms with Crippen LogP contribution in [0.2, 0.25) is 0 Å². The molecule has 2 aliphatic rings. The summed E-state index contributed by atoms with van der Waals surface area (Å²) in [5.41, 5.74) is -0.00753. The number of fused-ring (bicyclic) bond motifs is 1. The summed E-state index contributed by atoms with van der Waals surface area (Å²) in [4.78, 5) is 67.6. The Kier molecular flexibility index (Phi) is 12.2. The Labute approximate surface area is 276 Å².